The van der Waals surface area contributed by atoms with E-state index in [4.69, 9.17) is 22.1 Å². The van der Waals surface area contributed by atoms with Crippen LogP contribution in [0, 0.1) is 0 Å². The lowest BCUT2D eigenvalue weighted by molar-refractivity contribution is -0.137. The Labute approximate surface area is 113 Å². The number of nitrogens with zero attached hydrogens (tertiary/aromatic N) is 1. The van der Waals surface area contributed by atoms with Crippen LogP contribution in [0.4, 0.5) is 5.69 Å². The van der Waals surface area contributed by atoms with E-state index >= 15 is 0 Å². The highest BCUT2D eigenvalue weighted by molar-refractivity contribution is 6.32. The Morgan fingerprint density at radius 2 is 2.06 bits per heavy atom. The molecular weight excluding hydrogens is 252 g/mol. The number of halogens is 1. The molecule has 100 valence electrons. The van der Waals surface area contributed by atoms with E-state index in [1.54, 1.807) is 30.0 Å². The third-order valence-electron chi connectivity index (χ3n) is 2.68. The zero-order valence-corrected chi connectivity index (χ0v) is 11.7. The van der Waals surface area contributed by atoms with Crippen LogP contribution in [-0.2, 0) is 4.79 Å². The van der Waals surface area contributed by atoms with Crippen LogP contribution in [0.2, 0.25) is 5.02 Å². The largest absolute Gasteiger partial charge is 0.479 e. The van der Waals surface area contributed by atoms with Crippen LogP contribution in [0.3, 0.4) is 0 Å². The number of ether oxygens (including phenoxy) is 1. The first-order valence-corrected chi connectivity index (χ1v) is 6.37. The molecule has 1 aromatic carbocycles. The minimum Gasteiger partial charge on any atom is -0.479 e. The van der Waals surface area contributed by atoms with E-state index < -0.39 is 6.10 Å². The van der Waals surface area contributed by atoms with Crippen LogP contribution < -0.4 is 10.5 Å². The minimum atomic E-state index is -0.564. The Bertz CT molecular complexity index is 419. The summed E-state index contributed by atoms with van der Waals surface area (Å²) < 4.78 is 5.57. The van der Waals surface area contributed by atoms with Gasteiger partial charge in [0.05, 0.1) is 5.02 Å². The Morgan fingerprint density at radius 3 is 2.56 bits per heavy atom. The van der Waals surface area contributed by atoms with Gasteiger partial charge in [0.1, 0.15) is 5.75 Å². The highest BCUT2D eigenvalue weighted by atomic mass is 35.5. The number of likely N-dealkylation sites (N-methyl/N-ethyl adjacent to an activating group) is 1. The van der Waals surface area contributed by atoms with Crippen LogP contribution in [-0.4, -0.2) is 30.0 Å². The maximum atomic E-state index is 12.0. The molecule has 0 aliphatic rings. The van der Waals surface area contributed by atoms with Gasteiger partial charge in [-0.15, -0.1) is 0 Å². The van der Waals surface area contributed by atoms with Crippen molar-refractivity contribution in [3.63, 3.8) is 0 Å². The van der Waals surface area contributed by atoms with Gasteiger partial charge in [-0.1, -0.05) is 11.6 Å². The van der Waals surface area contributed by atoms with Gasteiger partial charge in [0, 0.05) is 18.8 Å². The van der Waals surface area contributed by atoms with E-state index in [-0.39, 0.29) is 5.91 Å². The highest BCUT2D eigenvalue weighted by Crippen LogP contribution is 2.27. The number of carbonyl (C=O) groups is 1. The molecule has 0 aliphatic carbocycles. The molecule has 1 amide bonds. The molecule has 1 atom stereocenters. The molecule has 0 saturated heterocycles. The lowest BCUT2D eigenvalue weighted by Crippen LogP contribution is -2.40. The number of nitrogen functional groups attached to an aromatic ring is 1. The fourth-order valence-electron chi connectivity index (χ4n) is 1.65. The maximum Gasteiger partial charge on any atom is 0.263 e. The average molecular weight is 271 g/mol. The summed E-state index contributed by atoms with van der Waals surface area (Å²) in [6.45, 7) is 6.92. The quantitative estimate of drug-likeness (QED) is 0.837. The smallest absolute Gasteiger partial charge is 0.263 e. The molecule has 4 nitrogen and oxygen atoms in total. The molecule has 0 radical (unpaired) electrons. The molecule has 0 saturated carbocycles. The van der Waals surface area contributed by atoms with Crippen LogP contribution in [0.1, 0.15) is 20.8 Å². The third-order valence-corrected chi connectivity index (χ3v) is 2.98. The summed E-state index contributed by atoms with van der Waals surface area (Å²) in [6, 6.07) is 4.96. The summed E-state index contributed by atoms with van der Waals surface area (Å²) in [5.74, 6) is 0.423. The Morgan fingerprint density at radius 1 is 1.44 bits per heavy atom. The zero-order valence-electron chi connectivity index (χ0n) is 10.9. The van der Waals surface area contributed by atoms with Crippen molar-refractivity contribution < 1.29 is 9.53 Å². The van der Waals surface area contributed by atoms with Crippen LogP contribution in [0.5, 0.6) is 5.75 Å². The molecule has 0 spiro atoms. The van der Waals surface area contributed by atoms with Gasteiger partial charge < -0.3 is 15.4 Å². The SMILES string of the molecule is CCN(CC)C(=O)C(C)Oc1ccc(N)cc1Cl. The van der Waals surface area contributed by atoms with E-state index in [2.05, 4.69) is 0 Å². The first-order chi connectivity index (χ1) is 8.49. The fourth-order valence-corrected chi connectivity index (χ4v) is 1.88. The molecule has 0 heterocycles. The predicted octanol–water partition coefficient (Wildman–Crippen LogP) is 2.56. The first kappa shape index (κ1) is 14.6. The predicted molar refractivity (Wildman–Crippen MR) is 73.9 cm³/mol. The van der Waals surface area contributed by atoms with Gasteiger partial charge in [-0.05, 0) is 39.0 Å². The molecule has 0 aromatic heterocycles. The van der Waals surface area contributed by atoms with E-state index in [1.165, 1.54) is 0 Å². The molecule has 2 N–H and O–H groups in total. The van der Waals surface area contributed by atoms with Gasteiger partial charge in [0.15, 0.2) is 6.10 Å². The molecule has 1 unspecified atom stereocenters. The second-order valence-corrected chi connectivity index (χ2v) is 4.37. The zero-order chi connectivity index (χ0) is 13.7. The number of hydrogen-bond donors (Lipinski definition) is 1. The van der Waals surface area contributed by atoms with Gasteiger partial charge >= 0.3 is 0 Å². The number of nitrogens with two attached hydrogens (primary N) is 1. The Hall–Kier alpha value is -1.42. The molecule has 18 heavy (non-hydrogen) atoms. The second-order valence-electron chi connectivity index (χ2n) is 3.96. The lowest BCUT2D eigenvalue weighted by Gasteiger charge is -2.23. The van der Waals surface area contributed by atoms with Crippen molar-refractivity contribution in [2.75, 3.05) is 18.8 Å². The van der Waals surface area contributed by atoms with Gasteiger partial charge in [-0.3, -0.25) is 4.79 Å². The highest BCUT2D eigenvalue weighted by Gasteiger charge is 2.20. The van der Waals surface area contributed by atoms with Crippen molar-refractivity contribution in [2.45, 2.75) is 26.9 Å². The maximum absolute atomic E-state index is 12.0. The van der Waals surface area contributed by atoms with Crippen LogP contribution >= 0.6 is 11.6 Å². The summed E-state index contributed by atoms with van der Waals surface area (Å²) in [5.41, 5.74) is 6.16. The van der Waals surface area contributed by atoms with Crippen molar-refractivity contribution in [2.24, 2.45) is 0 Å². The first-order valence-electron chi connectivity index (χ1n) is 6.00. The number of anilines is 1. The number of hydrogen-bond acceptors (Lipinski definition) is 3. The van der Waals surface area contributed by atoms with Crippen molar-refractivity contribution in [1.82, 2.24) is 4.90 Å². The monoisotopic (exact) mass is 270 g/mol. The van der Waals surface area contributed by atoms with Crippen LogP contribution in [0.25, 0.3) is 0 Å². The van der Waals surface area contributed by atoms with Crippen molar-refractivity contribution in [3.8, 4) is 5.75 Å². The van der Waals surface area contributed by atoms with Gasteiger partial charge in [-0.2, -0.15) is 0 Å². The topological polar surface area (TPSA) is 55.6 Å². The molecule has 0 bridgehead atoms. The standard InChI is InChI=1S/C13H19ClN2O2/c1-4-16(5-2)13(17)9(3)18-12-7-6-10(15)8-11(12)14/h6-9H,4-5,15H2,1-3H3. The number of rotatable bonds is 5. The lowest BCUT2D eigenvalue weighted by atomic mass is 10.3. The summed E-state index contributed by atoms with van der Waals surface area (Å²) in [5, 5.41) is 0.411. The van der Waals surface area contributed by atoms with Gasteiger partial charge in [0.2, 0.25) is 0 Å². The van der Waals surface area contributed by atoms with E-state index in [0.717, 1.165) is 0 Å². The number of benzene rings is 1. The fraction of sp³-hybridized carbons (Fsp3) is 0.462. The minimum absolute atomic E-state index is 0.0482. The molecule has 1 aromatic rings. The third kappa shape index (κ3) is 3.53. The summed E-state index contributed by atoms with van der Waals surface area (Å²) >= 11 is 6.00. The van der Waals surface area contributed by atoms with Gasteiger partial charge in [-0.25, -0.2) is 0 Å². The molecule has 0 aliphatic heterocycles. The Kier molecular flexibility index (Phi) is 5.28. The second kappa shape index (κ2) is 6.50. The molecular formula is C13H19ClN2O2. The molecule has 5 heteroatoms. The van der Waals surface area contributed by atoms with Crippen molar-refractivity contribution in [3.05, 3.63) is 23.2 Å². The van der Waals surface area contributed by atoms with Gasteiger partial charge in [0.25, 0.3) is 5.91 Å². The molecule has 1 rings (SSSR count). The van der Waals surface area contributed by atoms with Crippen LogP contribution in [0.15, 0.2) is 18.2 Å². The number of carbonyl (C=O) groups excluding carboxylic acids is 1. The normalized spacial score (nSPS) is 12.0. The van der Waals surface area contributed by atoms with E-state index in [1.807, 2.05) is 13.8 Å². The average Bonchev–Trinajstić information content (AvgIpc) is 2.34. The summed E-state index contributed by atoms with van der Waals surface area (Å²) in [7, 11) is 0. The van der Waals surface area contributed by atoms with Crippen molar-refractivity contribution >= 4 is 23.2 Å². The van der Waals surface area contributed by atoms with E-state index in [0.29, 0.717) is 29.5 Å². The summed E-state index contributed by atoms with van der Waals surface area (Å²) in [4.78, 5) is 13.7. The summed E-state index contributed by atoms with van der Waals surface area (Å²) in [6.07, 6.45) is -0.564. The Balaban J connectivity index is 2.75. The van der Waals surface area contributed by atoms with E-state index in [9.17, 15) is 4.79 Å². The van der Waals surface area contributed by atoms with Crippen molar-refractivity contribution in [1.29, 1.82) is 0 Å². The molecule has 0 fully saturated rings. The number of amides is 1.